The lowest BCUT2D eigenvalue weighted by Crippen LogP contribution is -2.27. The van der Waals surface area contributed by atoms with Crippen molar-refractivity contribution in [3.05, 3.63) is 59.9 Å². The molecule has 37 heavy (non-hydrogen) atoms. The molecule has 1 saturated carbocycles. The number of amides is 1. The van der Waals surface area contributed by atoms with Crippen LogP contribution in [0, 0.1) is 0 Å². The molecule has 0 bridgehead atoms. The Bertz CT molecular complexity index is 1290. The van der Waals surface area contributed by atoms with Gasteiger partial charge in [-0.05, 0) is 63.3 Å². The van der Waals surface area contributed by atoms with E-state index in [-0.39, 0.29) is 0 Å². The summed E-state index contributed by atoms with van der Waals surface area (Å²) in [5.41, 5.74) is 7.19. The first kappa shape index (κ1) is 28.3. The van der Waals surface area contributed by atoms with E-state index in [2.05, 4.69) is 33.2 Å². The van der Waals surface area contributed by atoms with Crippen LogP contribution < -0.4 is 11.1 Å². The number of nitrogens with one attached hydrogen (secondary N) is 1. The van der Waals surface area contributed by atoms with E-state index in [4.69, 9.17) is 21.8 Å². The van der Waals surface area contributed by atoms with Gasteiger partial charge in [-0.15, -0.1) is 0 Å². The molecular weight excluding hydrogens is 486 g/mol. The molecule has 5 rings (SSSR count). The van der Waals surface area contributed by atoms with Crippen molar-refractivity contribution in [2.75, 3.05) is 5.32 Å². The third kappa shape index (κ3) is 7.86. The number of ether oxygens (including phenoxy) is 1. The number of fused-ring (bicyclic) bond motifs is 2. The Labute approximate surface area is 224 Å². The number of nitrogens with zero attached hydrogens (tertiary/aromatic N) is 1. The Morgan fingerprint density at radius 1 is 1.05 bits per heavy atom. The van der Waals surface area contributed by atoms with Gasteiger partial charge in [0.2, 0.25) is 0 Å². The molecule has 2 heterocycles. The maximum absolute atomic E-state index is 10.0. The number of rotatable bonds is 3. The lowest BCUT2D eigenvalue weighted by molar-refractivity contribution is 0.0600. The van der Waals surface area contributed by atoms with E-state index in [1.54, 1.807) is 20.8 Å². The van der Waals surface area contributed by atoms with Crippen LogP contribution in [0.1, 0.15) is 66.7 Å². The normalized spacial score (nSPS) is 13.8. The first-order valence-corrected chi connectivity index (χ1v) is 13.4. The third-order valence-electron chi connectivity index (χ3n) is 5.90. The summed E-state index contributed by atoms with van der Waals surface area (Å²) in [6, 6.07) is 14.9. The Morgan fingerprint density at radius 2 is 1.76 bits per heavy atom. The average Bonchev–Trinajstić information content (AvgIpc) is 3.29. The van der Waals surface area contributed by atoms with Crippen LogP contribution in [0.2, 0.25) is 5.02 Å². The molecule has 0 aliphatic heterocycles. The molecule has 1 aliphatic carbocycles. The van der Waals surface area contributed by atoms with Gasteiger partial charge >= 0.3 is 6.09 Å². The van der Waals surface area contributed by atoms with Gasteiger partial charge in [0.05, 0.1) is 5.02 Å². The van der Waals surface area contributed by atoms with E-state index in [0.717, 1.165) is 43.8 Å². The second kappa shape index (κ2) is 12.8. The lowest BCUT2D eigenvalue weighted by atomic mass is 9.95. The maximum Gasteiger partial charge on any atom is 0.405 e. The second-order valence-corrected chi connectivity index (χ2v) is 10.3. The van der Waals surface area contributed by atoms with Gasteiger partial charge in [0.15, 0.2) is 0 Å². The highest BCUT2D eigenvalue weighted by Crippen LogP contribution is 2.37. The standard InChI is InChI=1S/C23H21ClN2O.C5H11NO2.C2H6/c24-21-12-17(26-16-7-2-1-3-8-16)11-18-19(21)13-25-14-20(18)23-10-15-6-4-5-9-22(15)27-23;1-5(2,3)8-4(6)7;1-2/h4-6,9-14,16,26H,1-3,7-8H2;1-3H3,(H2,6,7);1-2H3. The molecule has 3 N–H and O–H groups in total. The van der Waals surface area contributed by atoms with Crippen LogP contribution in [-0.4, -0.2) is 22.7 Å². The minimum Gasteiger partial charge on any atom is -0.456 e. The van der Waals surface area contributed by atoms with Crippen LogP contribution in [0.3, 0.4) is 0 Å². The molecule has 1 amide bonds. The highest BCUT2D eigenvalue weighted by molar-refractivity contribution is 6.36. The van der Waals surface area contributed by atoms with Crippen LogP contribution in [0.25, 0.3) is 33.1 Å². The maximum atomic E-state index is 10.0. The molecule has 0 unspecified atom stereocenters. The molecule has 7 heteroatoms. The van der Waals surface area contributed by atoms with E-state index < -0.39 is 11.7 Å². The molecule has 1 fully saturated rings. The van der Waals surface area contributed by atoms with E-state index in [1.807, 2.05) is 50.5 Å². The van der Waals surface area contributed by atoms with Crippen molar-refractivity contribution in [1.29, 1.82) is 0 Å². The largest absolute Gasteiger partial charge is 0.456 e. The Kier molecular flexibility index (Phi) is 9.81. The number of primary amides is 1. The minimum atomic E-state index is -0.725. The Morgan fingerprint density at radius 3 is 2.38 bits per heavy atom. The smallest absolute Gasteiger partial charge is 0.405 e. The van der Waals surface area contributed by atoms with E-state index in [1.165, 1.54) is 32.1 Å². The van der Waals surface area contributed by atoms with E-state index in [9.17, 15) is 4.79 Å². The molecule has 0 atom stereocenters. The molecule has 198 valence electrons. The first-order chi connectivity index (χ1) is 17.7. The van der Waals surface area contributed by atoms with Gasteiger partial charge in [0.1, 0.15) is 16.9 Å². The van der Waals surface area contributed by atoms with Gasteiger partial charge in [0.25, 0.3) is 0 Å². The van der Waals surface area contributed by atoms with Crippen LogP contribution in [0.4, 0.5) is 10.5 Å². The summed E-state index contributed by atoms with van der Waals surface area (Å²) in [4.78, 5) is 14.4. The van der Waals surface area contributed by atoms with Gasteiger partial charge in [0, 0.05) is 40.5 Å². The summed E-state index contributed by atoms with van der Waals surface area (Å²) in [5, 5.41) is 7.50. The van der Waals surface area contributed by atoms with Gasteiger partial charge < -0.3 is 20.2 Å². The fourth-order valence-corrected chi connectivity index (χ4v) is 4.67. The first-order valence-electron chi connectivity index (χ1n) is 13.0. The number of aromatic nitrogens is 1. The van der Waals surface area contributed by atoms with Crippen molar-refractivity contribution in [3.63, 3.8) is 0 Å². The van der Waals surface area contributed by atoms with Gasteiger partial charge in [-0.2, -0.15) is 0 Å². The predicted molar refractivity (Wildman–Crippen MR) is 154 cm³/mol. The monoisotopic (exact) mass is 523 g/mol. The fraction of sp³-hybridized carbons (Fsp3) is 0.400. The van der Waals surface area contributed by atoms with Crippen LogP contribution in [0.5, 0.6) is 0 Å². The number of nitrogens with two attached hydrogens (primary N) is 1. The molecule has 2 aromatic heterocycles. The number of carbonyl (C=O) groups excluding carboxylic acids is 1. The van der Waals surface area contributed by atoms with Crippen molar-refractivity contribution in [2.24, 2.45) is 5.73 Å². The molecule has 0 radical (unpaired) electrons. The van der Waals surface area contributed by atoms with E-state index >= 15 is 0 Å². The summed E-state index contributed by atoms with van der Waals surface area (Å²) in [5.74, 6) is 0.820. The van der Waals surface area contributed by atoms with Crippen molar-refractivity contribution in [2.45, 2.75) is 78.4 Å². The summed E-state index contributed by atoms with van der Waals surface area (Å²) in [6.07, 6.45) is 9.36. The van der Waals surface area contributed by atoms with Gasteiger partial charge in [-0.25, -0.2) is 4.79 Å². The summed E-state index contributed by atoms with van der Waals surface area (Å²) < 4.78 is 10.7. The van der Waals surface area contributed by atoms with Crippen molar-refractivity contribution < 1.29 is 13.9 Å². The Hall–Kier alpha value is -3.25. The van der Waals surface area contributed by atoms with Gasteiger partial charge in [-0.3, -0.25) is 4.98 Å². The highest BCUT2D eigenvalue weighted by Gasteiger charge is 2.16. The number of para-hydroxylation sites is 1. The summed E-state index contributed by atoms with van der Waals surface area (Å²) in [7, 11) is 0. The lowest BCUT2D eigenvalue weighted by Gasteiger charge is -2.24. The van der Waals surface area contributed by atoms with Crippen molar-refractivity contribution in [1.82, 2.24) is 4.98 Å². The Balaban J connectivity index is 0.000000329. The van der Waals surface area contributed by atoms with Crippen molar-refractivity contribution in [3.8, 4) is 11.3 Å². The molecule has 2 aromatic carbocycles. The number of anilines is 1. The fourth-order valence-electron chi connectivity index (χ4n) is 4.41. The quantitative estimate of drug-likeness (QED) is 0.279. The second-order valence-electron chi connectivity index (χ2n) is 9.90. The number of hydrogen-bond donors (Lipinski definition) is 2. The molecule has 4 aromatic rings. The predicted octanol–water partition coefficient (Wildman–Crippen LogP) is 8.95. The SMILES string of the molecule is CC.CC(C)(C)OC(N)=O.Clc1cc(NC2CCCCC2)cc2c(-c3cc4ccccc4o3)cncc12. The highest BCUT2D eigenvalue weighted by atomic mass is 35.5. The van der Waals surface area contributed by atoms with Crippen LogP contribution >= 0.6 is 11.6 Å². The number of halogens is 1. The number of furan rings is 1. The zero-order valence-electron chi connectivity index (χ0n) is 22.4. The number of hydrogen-bond acceptors (Lipinski definition) is 5. The zero-order valence-corrected chi connectivity index (χ0v) is 23.2. The topological polar surface area (TPSA) is 90.4 Å². The molecule has 0 saturated heterocycles. The molecule has 1 aliphatic rings. The summed E-state index contributed by atoms with van der Waals surface area (Å²) >= 11 is 6.61. The van der Waals surface area contributed by atoms with Crippen LogP contribution in [-0.2, 0) is 4.74 Å². The molecule has 0 spiro atoms. The van der Waals surface area contributed by atoms with Crippen LogP contribution in [0.15, 0.2) is 59.3 Å². The number of pyridine rings is 1. The molecule has 6 nitrogen and oxygen atoms in total. The average molecular weight is 524 g/mol. The number of benzene rings is 2. The molecular formula is C30H38ClN3O3. The van der Waals surface area contributed by atoms with E-state index in [0.29, 0.717) is 6.04 Å². The van der Waals surface area contributed by atoms with Gasteiger partial charge in [-0.1, -0.05) is 62.9 Å². The zero-order chi connectivity index (χ0) is 27.0. The summed E-state index contributed by atoms with van der Waals surface area (Å²) in [6.45, 7) is 9.28. The minimum absolute atomic E-state index is 0.453. The van der Waals surface area contributed by atoms with Crippen molar-refractivity contribution >= 4 is 45.1 Å². The number of carbonyl (C=O) groups is 1. The third-order valence-corrected chi connectivity index (χ3v) is 6.21.